The summed E-state index contributed by atoms with van der Waals surface area (Å²) in [4.78, 5) is 33.6. The maximum atomic E-state index is 13.4. The number of hydrogen-bond donors (Lipinski definition) is 2. The number of sulfone groups is 1. The van der Waals surface area contributed by atoms with Crippen LogP contribution in [0, 0.1) is 0 Å². The molecule has 11 heteroatoms. The van der Waals surface area contributed by atoms with E-state index in [1.54, 1.807) is 84.9 Å². The number of carbonyl (C=O) groups is 2. The minimum atomic E-state index is -3.98. The monoisotopic (exact) mass is 570 g/mol. The van der Waals surface area contributed by atoms with Gasteiger partial charge < -0.3 is 10.6 Å². The van der Waals surface area contributed by atoms with E-state index in [0.717, 1.165) is 22.7 Å². The lowest BCUT2D eigenvalue weighted by molar-refractivity contribution is 0.101. The van der Waals surface area contributed by atoms with Gasteiger partial charge in [0.1, 0.15) is 0 Å². The van der Waals surface area contributed by atoms with Gasteiger partial charge in [0.05, 0.1) is 20.4 Å². The second-order valence-electron chi connectivity index (χ2n) is 8.47. The second kappa shape index (κ2) is 10.0. The molecule has 0 aliphatic rings. The third-order valence-electron chi connectivity index (χ3n) is 5.79. The summed E-state index contributed by atoms with van der Waals surface area (Å²) in [7, 11) is -3.98. The highest BCUT2D eigenvalue weighted by Crippen LogP contribution is 2.35. The highest BCUT2D eigenvalue weighted by Gasteiger charge is 2.27. The van der Waals surface area contributed by atoms with E-state index in [-0.39, 0.29) is 20.5 Å². The first-order valence-electron chi connectivity index (χ1n) is 11.7. The Morgan fingerprint density at radius 3 is 1.41 bits per heavy atom. The average Bonchev–Trinajstić information content (AvgIpc) is 3.59. The molecule has 0 radical (unpaired) electrons. The normalized spacial score (nSPS) is 11.5. The van der Waals surface area contributed by atoms with E-state index in [1.807, 2.05) is 12.1 Å². The summed E-state index contributed by atoms with van der Waals surface area (Å²) < 4.78 is 27.9. The summed E-state index contributed by atoms with van der Waals surface area (Å²) in [6.07, 6.45) is 0. The van der Waals surface area contributed by atoms with Gasteiger partial charge in [-0.1, -0.05) is 36.4 Å². The fourth-order valence-electron chi connectivity index (χ4n) is 3.85. The summed E-state index contributed by atoms with van der Waals surface area (Å²) in [6, 6.07) is 27.7. The van der Waals surface area contributed by atoms with Crippen molar-refractivity contribution in [3.05, 3.63) is 108 Å². The van der Waals surface area contributed by atoms with Crippen LogP contribution >= 0.6 is 22.7 Å². The SMILES string of the molecule is O=C(Nc1ccc2nc(S(=O)(=O)c3nc4ccc(NC(=O)c5ccccc5)cc4s3)sc2c1)c1ccccc1. The first-order valence-corrected chi connectivity index (χ1v) is 14.8. The molecule has 2 N–H and O–H groups in total. The Hall–Kier alpha value is -4.45. The Morgan fingerprint density at radius 1 is 0.590 bits per heavy atom. The van der Waals surface area contributed by atoms with Crippen LogP contribution in [0.3, 0.4) is 0 Å². The lowest BCUT2D eigenvalue weighted by atomic mass is 10.2. The summed E-state index contributed by atoms with van der Waals surface area (Å²) in [5, 5.41) is 5.65. The number of amides is 2. The maximum Gasteiger partial charge on any atom is 0.260 e. The van der Waals surface area contributed by atoms with E-state index < -0.39 is 9.84 Å². The summed E-state index contributed by atoms with van der Waals surface area (Å²) in [5.74, 6) is -0.526. The van der Waals surface area contributed by atoms with Gasteiger partial charge in [0.15, 0.2) is 0 Å². The molecular weight excluding hydrogens is 553 g/mol. The topological polar surface area (TPSA) is 118 Å². The van der Waals surface area contributed by atoms with Crippen molar-refractivity contribution in [2.45, 2.75) is 8.68 Å². The first kappa shape index (κ1) is 24.9. The zero-order valence-corrected chi connectivity index (χ0v) is 22.4. The van der Waals surface area contributed by atoms with Crippen LogP contribution in [0.4, 0.5) is 11.4 Å². The van der Waals surface area contributed by atoms with Crippen molar-refractivity contribution in [3.8, 4) is 0 Å². The number of hydrogen-bond acceptors (Lipinski definition) is 8. The highest BCUT2D eigenvalue weighted by atomic mass is 32.3. The minimum absolute atomic E-state index is 0.0827. The molecule has 8 nitrogen and oxygen atoms in total. The van der Waals surface area contributed by atoms with E-state index in [1.165, 1.54) is 0 Å². The molecule has 0 unspecified atom stereocenters. The molecule has 0 aliphatic heterocycles. The van der Waals surface area contributed by atoms with E-state index in [2.05, 4.69) is 20.6 Å². The Labute approximate surface area is 230 Å². The largest absolute Gasteiger partial charge is 0.322 e. The van der Waals surface area contributed by atoms with Crippen molar-refractivity contribution in [2.75, 3.05) is 10.6 Å². The van der Waals surface area contributed by atoms with Gasteiger partial charge in [-0.2, -0.15) is 0 Å². The Kier molecular flexibility index (Phi) is 6.39. The summed E-state index contributed by atoms with van der Waals surface area (Å²) >= 11 is 2.03. The molecule has 0 atom stereocenters. The minimum Gasteiger partial charge on any atom is -0.322 e. The third kappa shape index (κ3) is 5.02. The summed E-state index contributed by atoms with van der Waals surface area (Å²) in [6.45, 7) is 0. The summed E-state index contributed by atoms with van der Waals surface area (Å²) in [5.41, 5.74) is 3.11. The molecular formula is C28H18N4O4S3. The van der Waals surface area contributed by atoms with E-state index >= 15 is 0 Å². The Morgan fingerprint density at radius 2 is 1.00 bits per heavy atom. The average molecular weight is 571 g/mol. The lowest BCUT2D eigenvalue weighted by Gasteiger charge is -2.04. The lowest BCUT2D eigenvalue weighted by Crippen LogP contribution is -2.11. The van der Waals surface area contributed by atoms with Gasteiger partial charge in [-0.05, 0) is 60.7 Å². The Balaban J connectivity index is 1.25. The van der Waals surface area contributed by atoms with Gasteiger partial charge >= 0.3 is 0 Å². The smallest absolute Gasteiger partial charge is 0.260 e. The van der Waals surface area contributed by atoms with Gasteiger partial charge in [0.2, 0.25) is 8.68 Å². The molecule has 192 valence electrons. The number of nitrogens with one attached hydrogen (secondary N) is 2. The zero-order chi connectivity index (χ0) is 27.0. The molecule has 0 spiro atoms. The maximum absolute atomic E-state index is 13.4. The molecule has 0 fully saturated rings. The van der Waals surface area contributed by atoms with Crippen molar-refractivity contribution in [1.82, 2.24) is 9.97 Å². The van der Waals surface area contributed by atoms with Gasteiger partial charge in [-0.3, -0.25) is 9.59 Å². The molecule has 39 heavy (non-hydrogen) atoms. The molecule has 2 amide bonds. The van der Waals surface area contributed by atoms with Gasteiger partial charge in [0, 0.05) is 22.5 Å². The fourth-order valence-corrected chi connectivity index (χ4v) is 7.96. The molecule has 0 saturated carbocycles. The van der Waals surface area contributed by atoms with E-state index in [4.69, 9.17) is 0 Å². The number of benzene rings is 4. The van der Waals surface area contributed by atoms with Crippen LogP contribution in [0.1, 0.15) is 20.7 Å². The number of nitrogens with zero attached hydrogens (tertiary/aromatic N) is 2. The van der Waals surface area contributed by atoms with Gasteiger partial charge in [-0.25, -0.2) is 18.4 Å². The molecule has 0 bridgehead atoms. The molecule has 0 aliphatic carbocycles. The van der Waals surface area contributed by atoms with Crippen LogP contribution in [0.25, 0.3) is 20.4 Å². The molecule has 4 aromatic carbocycles. The number of rotatable bonds is 6. The van der Waals surface area contributed by atoms with Gasteiger partial charge in [-0.15, -0.1) is 22.7 Å². The van der Waals surface area contributed by atoms with Crippen molar-refractivity contribution >= 4 is 76.1 Å². The van der Waals surface area contributed by atoms with Crippen LogP contribution in [0.2, 0.25) is 0 Å². The molecule has 6 aromatic rings. The standard InChI is InChI=1S/C28H18N4O4S3/c33-25(17-7-3-1-4-8-17)29-19-11-13-21-23(15-19)37-27(31-21)39(35,36)28-32-22-14-12-20(16-24(22)38-28)30-26(34)18-9-5-2-6-10-18/h1-16H,(H,29,33)(H,30,34). The molecule has 6 rings (SSSR count). The van der Waals surface area contributed by atoms with E-state index in [9.17, 15) is 18.0 Å². The van der Waals surface area contributed by atoms with Crippen molar-refractivity contribution < 1.29 is 18.0 Å². The predicted molar refractivity (Wildman–Crippen MR) is 153 cm³/mol. The molecule has 2 heterocycles. The molecule has 2 aromatic heterocycles. The number of thiazole rings is 2. The highest BCUT2D eigenvalue weighted by molar-refractivity contribution is 7.95. The predicted octanol–water partition coefficient (Wildman–Crippen LogP) is 6.24. The fraction of sp³-hybridized carbons (Fsp3) is 0. The van der Waals surface area contributed by atoms with Crippen LogP contribution < -0.4 is 10.6 Å². The first-order chi connectivity index (χ1) is 18.9. The van der Waals surface area contributed by atoms with Crippen molar-refractivity contribution in [1.29, 1.82) is 0 Å². The van der Waals surface area contributed by atoms with Crippen molar-refractivity contribution in [2.24, 2.45) is 0 Å². The zero-order valence-electron chi connectivity index (χ0n) is 20.0. The van der Waals surface area contributed by atoms with E-state index in [0.29, 0.717) is 42.9 Å². The van der Waals surface area contributed by atoms with Crippen molar-refractivity contribution in [3.63, 3.8) is 0 Å². The van der Waals surface area contributed by atoms with Crippen LogP contribution in [-0.2, 0) is 9.84 Å². The van der Waals surface area contributed by atoms with Gasteiger partial charge in [0.25, 0.3) is 21.7 Å². The van der Waals surface area contributed by atoms with Crippen LogP contribution in [-0.4, -0.2) is 30.2 Å². The number of anilines is 2. The number of fused-ring (bicyclic) bond motifs is 2. The van der Waals surface area contributed by atoms with Crippen LogP contribution in [0.15, 0.2) is 106 Å². The Bertz CT molecular complexity index is 1830. The third-order valence-corrected chi connectivity index (χ3v) is 10.3. The number of aromatic nitrogens is 2. The number of carbonyl (C=O) groups excluding carboxylic acids is 2. The molecule has 0 saturated heterocycles. The quantitative estimate of drug-likeness (QED) is 0.245. The second-order valence-corrected chi connectivity index (χ2v) is 12.8. The van der Waals surface area contributed by atoms with Crippen LogP contribution in [0.5, 0.6) is 0 Å².